The monoisotopic (exact) mass is 321 g/mol. The zero-order valence-electron chi connectivity index (χ0n) is 13.1. The van der Waals surface area contributed by atoms with Crippen LogP contribution in [0.15, 0.2) is 30.3 Å². The predicted molar refractivity (Wildman–Crippen MR) is 96.3 cm³/mol. The molecule has 1 aliphatic heterocycles. The van der Waals surface area contributed by atoms with Crippen molar-refractivity contribution >= 4 is 26.8 Å². The van der Waals surface area contributed by atoms with Gasteiger partial charge in [0.25, 0.3) is 0 Å². The van der Waals surface area contributed by atoms with Crippen LogP contribution in [0.2, 0.25) is 0 Å². The number of rotatable bonds is 2. The Labute approximate surface area is 140 Å². The molecule has 3 nitrogen and oxygen atoms in total. The van der Waals surface area contributed by atoms with E-state index in [2.05, 4.69) is 35.2 Å². The van der Waals surface area contributed by atoms with Crippen LogP contribution in [0.1, 0.15) is 30.5 Å². The molecule has 23 heavy (non-hydrogen) atoms. The smallest absolute Gasteiger partial charge is 0.188 e. The first-order valence-electron chi connectivity index (χ1n) is 8.53. The van der Waals surface area contributed by atoms with Gasteiger partial charge in [-0.25, -0.2) is 4.98 Å². The molecule has 1 fully saturated rings. The van der Waals surface area contributed by atoms with Crippen molar-refractivity contribution in [3.63, 3.8) is 0 Å². The molecule has 1 saturated heterocycles. The van der Waals surface area contributed by atoms with E-state index in [1.807, 2.05) is 11.3 Å². The van der Waals surface area contributed by atoms with Crippen molar-refractivity contribution in [3.05, 3.63) is 41.6 Å². The standard InChI is InChI=1S/C19H19N3S/c1-2-7-13(8-3-1)16-14-9-6-10-15(14)20-18-17(16)23-19(21-18)22-11-4-5-12-22/h1-3,7-8H,4-6,9-12H2. The van der Waals surface area contributed by atoms with E-state index in [1.54, 1.807) is 0 Å². The van der Waals surface area contributed by atoms with Gasteiger partial charge < -0.3 is 4.90 Å². The van der Waals surface area contributed by atoms with Crippen LogP contribution in [0.4, 0.5) is 5.13 Å². The summed E-state index contributed by atoms with van der Waals surface area (Å²) in [5.74, 6) is 0. The predicted octanol–water partition coefficient (Wildman–Crippen LogP) is 4.45. The van der Waals surface area contributed by atoms with Crippen LogP contribution >= 0.6 is 11.3 Å². The molecule has 1 aliphatic carbocycles. The maximum absolute atomic E-state index is 4.91. The second kappa shape index (κ2) is 5.31. The van der Waals surface area contributed by atoms with Gasteiger partial charge in [0.15, 0.2) is 10.8 Å². The van der Waals surface area contributed by atoms with Crippen LogP contribution < -0.4 is 4.90 Å². The van der Waals surface area contributed by atoms with E-state index in [0.29, 0.717) is 0 Å². The third-order valence-electron chi connectivity index (χ3n) is 5.00. The lowest BCUT2D eigenvalue weighted by molar-refractivity contribution is 0.900. The van der Waals surface area contributed by atoms with Crippen molar-refractivity contribution in [2.45, 2.75) is 32.1 Å². The minimum atomic E-state index is 0.955. The van der Waals surface area contributed by atoms with Crippen LogP contribution in [0.3, 0.4) is 0 Å². The van der Waals surface area contributed by atoms with Crippen molar-refractivity contribution in [2.24, 2.45) is 0 Å². The molecule has 116 valence electrons. The number of fused-ring (bicyclic) bond motifs is 2. The van der Waals surface area contributed by atoms with E-state index >= 15 is 0 Å². The Morgan fingerprint density at radius 3 is 2.57 bits per heavy atom. The van der Waals surface area contributed by atoms with E-state index in [9.17, 15) is 0 Å². The third kappa shape index (κ3) is 2.16. The lowest BCUT2D eigenvalue weighted by atomic mass is 10.00. The number of pyridine rings is 1. The molecule has 0 unspecified atom stereocenters. The molecule has 0 atom stereocenters. The zero-order chi connectivity index (χ0) is 15.2. The van der Waals surface area contributed by atoms with Gasteiger partial charge in [0.2, 0.25) is 0 Å². The number of nitrogens with zero attached hydrogens (tertiary/aromatic N) is 3. The highest BCUT2D eigenvalue weighted by Crippen LogP contribution is 2.41. The number of aromatic nitrogens is 2. The number of benzene rings is 1. The van der Waals surface area contributed by atoms with Crippen molar-refractivity contribution in [2.75, 3.05) is 18.0 Å². The Hall–Kier alpha value is -1.94. The summed E-state index contributed by atoms with van der Waals surface area (Å²) in [6.07, 6.45) is 6.04. The minimum Gasteiger partial charge on any atom is -0.348 e. The summed E-state index contributed by atoms with van der Waals surface area (Å²) in [7, 11) is 0. The Bertz CT molecular complexity index is 863. The molecule has 0 amide bonds. The van der Waals surface area contributed by atoms with Crippen LogP contribution in [-0.4, -0.2) is 23.1 Å². The molecule has 2 aliphatic rings. The van der Waals surface area contributed by atoms with Gasteiger partial charge >= 0.3 is 0 Å². The fourth-order valence-electron chi connectivity index (χ4n) is 3.88. The number of hydrogen-bond donors (Lipinski definition) is 0. The average molecular weight is 321 g/mol. The average Bonchev–Trinajstić information content (AvgIpc) is 3.32. The first kappa shape index (κ1) is 13.5. The van der Waals surface area contributed by atoms with Gasteiger partial charge in [0.1, 0.15) is 0 Å². The molecule has 3 heterocycles. The van der Waals surface area contributed by atoms with Crippen molar-refractivity contribution in [3.8, 4) is 11.1 Å². The van der Waals surface area contributed by atoms with E-state index < -0.39 is 0 Å². The molecule has 5 rings (SSSR count). The molecule has 0 N–H and O–H groups in total. The van der Waals surface area contributed by atoms with Gasteiger partial charge in [-0.05, 0) is 43.2 Å². The molecular weight excluding hydrogens is 302 g/mol. The fraction of sp³-hybridized carbons (Fsp3) is 0.368. The Morgan fingerprint density at radius 2 is 1.74 bits per heavy atom. The SMILES string of the molecule is c1ccc(-c2c3c(nc4nc(N5CCCC5)sc24)CCC3)cc1. The summed E-state index contributed by atoms with van der Waals surface area (Å²) in [5, 5.41) is 1.16. The molecule has 0 radical (unpaired) electrons. The maximum atomic E-state index is 4.91. The molecule has 1 aromatic carbocycles. The second-order valence-electron chi connectivity index (χ2n) is 6.47. The second-order valence-corrected chi connectivity index (χ2v) is 7.45. The van der Waals surface area contributed by atoms with Gasteiger partial charge in [0, 0.05) is 24.3 Å². The van der Waals surface area contributed by atoms with Gasteiger partial charge in [-0.3, -0.25) is 0 Å². The molecule has 0 spiro atoms. The fourth-order valence-corrected chi connectivity index (χ4v) is 5.03. The lowest BCUT2D eigenvalue weighted by Crippen LogP contribution is -2.16. The van der Waals surface area contributed by atoms with Gasteiger partial charge in [0.05, 0.1) is 4.70 Å². The highest BCUT2D eigenvalue weighted by molar-refractivity contribution is 7.22. The minimum absolute atomic E-state index is 0.955. The van der Waals surface area contributed by atoms with Crippen molar-refractivity contribution < 1.29 is 0 Å². The molecule has 3 aromatic rings. The van der Waals surface area contributed by atoms with Gasteiger partial charge in [-0.2, -0.15) is 4.98 Å². The third-order valence-corrected chi connectivity index (χ3v) is 6.12. The number of anilines is 1. The quantitative estimate of drug-likeness (QED) is 0.698. The van der Waals surface area contributed by atoms with E-state index in [4.69, 9.17) is 9.97 Å². The zero-order valence-corrected chi connectivity index (χ0v) is 13.9. The summed E-state index contributed by atoms with van der Waals surface area (Å²) in [5.41, 5.74) is 6.40. The lowest BCUT2D eigenvalue weighted by Gasteiger charge is -2.11. The van der Waals surface area contributed by atoms with E-state index in [0.717, 1.165) is 36.7 Å². The largest absolute Gasteiger partial charge is 0.348 e. The number of aryl methyl sites for hydroxylation is 1. The Kier molecular flexibility index (Phi) is 3.11. The Balaban J connectivity index is 1.76. The highest BCUT2D eigenvalue weighted by Gasteiger charge is 2.24. The normalized spacial score (nSPS) is 17.1. The van der Waals surface area contributed by atoms with Crippen LogP contribution in [-0.2, 0) is 12.8 Å². The summed E-state index contributed by atoms with van der Waals surface area (Å²) < 4.78 is 1.28. The highest BCUT2D eigenvalue weighted by atomic mass is 32.1. The van der Waals surface area contributed by atoms with Gasteiger partial charge in [-0.1, -0.05) is 41.7 Å². The molecular formula is C19H19N3S. The molecule has 4 heteroatoms. The summed E-state index contributed by atoms with van der Waals surface area (Å²) >= 11 is 1.83. The molecule has 0 bridgehead atoms. The van der Waals surface area contributed by atoms with Crippen LogP contribution in [0, 0.1) is 0 Å². The molecule has 0 saturated carbocycles. The summed E-state index contributed by atoms with van der Waals surface area (Å²) in [4.78, 5) is 12.2. The first-order chi connectivity index (χ1) is 11.4. The molecule has 2 aromatic heterocycles. The van der Waals surface area contributed by atoms with Crippen molar-refractivity contribution in [1.82, 2.24) is 9.97 Å². The Morgan fingerprint density at radius 1 is 0.913 bits per heavy atom. The van der Waals surface area contributed by atoms with Crippen LogP contribution in [0.5, 0.6) is 0 Å². The number of hydrogen-bond acceptors (Lipinski definition) is 4. The van der Waals surface area contributed by atoms with E-state index in [-0.39, 0.29) is 0 Å². The summed E-state index contributed by atoms with van der Waals surface area (Å²) in [6, 6.07) is 10.8. The van der Waals surface area contributed by atoms with E-state index in [1.165, 1.54) is 46.3 Å². The van der Waals surface area contributed by atoms with Crippen LogP contribution in [0.25, 0.3) is 21.5 Å². The van der Waals surface area contributed by atoms with Crippen molar-refractivity contribution in [1.29, 1.82) is 0 Å². The maximum Gasteiger partial charge on any atom is 0.188 e. The van der Waals surface area contributed by atoms with Gasteiger partial charge in [-0.15, -0.1) is 0 Å². The summed E-state index contributed by atoms with van der Waals surface area (Å²) in [6.45, 7) is 2.28. The first-order valence-corrected chi connectivity index (χ1v) is 9.34. The topological polar surface area (TPSA) is 29.0 Å². The number of thiazole rings is 1.